The van der Waals surface area contributed by atoms with Crippen molar-refractivity contribution in [2.45, 2.75) is 12.3 Å². The molecule has 0 aliphatic carbocycles. The lowest BCUT2D eigenvalue weighted by Gasteiger charge is -1.98. The highest BCUT2D eigenvalue weighted by Crippen LogP contribution is 2.26. The Kier molecular flexibility index (Phi) is 2.74. The van der Waals surface area contributed by atoms with Gasteiger partial charge in [-0.3, -0.25) is 25.3 Å². The van der Waals surface area contributed by atoms with Crippen molar-refractivity contribution in [1.82, 2.24) is 15.2 Å². The van der Waals surface area contributed by atoms with Gasteiger partial charge in [-0.05, 0) is 0 Å². The predicted octanol–water partition coefficient (Wildman–Crippen LogP) is 0.376. The molecular weight excluding hydrogens is 239 g/mol. The molecule has 0 unspecified atom stereocenters. The van der Waals surface area contributed by atoms with E-state index in [0.717, 1.165) is 0 Å². The number of aromatic nitrogens is 3. The molecule has 0 aliphatic heterocycles. The normalized spacial score (nSPS) is 11.8. The van der Waals surface area contributed by atoms with Gasteiger partial charge in [-0.1, -0.05) is 0 Å². The van der Waals surface area contributed by atoms with E-state index in [9.17, 15) is 33.4 Å². The van der Waals surface area contributed by atoms with Crippen molar-refractivity contribution in [2.24, 2.45) is 0 Å². The zero-order valence-corrected chi connectivity index (χ0v) is 7.13. The molecule has 1 aromatic rings. The molecule has 0 bridgehead atoms. The average Bonchev–Trinajstić information content (AvgIpc) is 2.50. The standard InChI is InChI=1S/C4H2F3N5O4/c5-4(6,7)3-8-1(9-10-3)2(11(13)14)12(15)16/h2H,(H,8,9,10). The molecule has 0 amide bonds. The van der Waals surface area contributed by atoms with Crippen LogP contribution in [-0.2, 0) is 6.18 Å². The van der Waals surface area contributed by atoms with Crippen molar-refractivity contribution in [3.8, 4) is 0 Å². The molecule has 1 aromatic heterocycles. The smallest absolute Gasteiger partial charge is 0.258 e. The van der Waals surface area contributed by atoms with Gasteiger partial charge in [0.1, 0.15) is 9.85 Å². The van der Waals surface area contributed by atoms with E-state index in [4.69, 9.17) is 0 Å². The molecule has 0 aromatic carbocycles. The van der Waals surface area contributed by atoms with Gasteiger partial charge in [0.25, 0.3) is 11.6 Å². The minimum atomic E-state index is -4.92. The SMILES string of the molecule is O=[N+]([O-])C(c1nc(C(F)(F)F)n[nH]1)[N+](=O)[O-]. The molecule has 0 spiro atoms. The first kappa shape index (κ1) is 11.8. The fraction of sp³-hybridized carbons (Fsp3) is 0.500. The highest BCUT2D eigenvalue weighted by atomic mass is 19.4. The summed E-state index contributed by atoms with van der Waals surface area (Å²) in [5.74, 6) is -2.78. The van der Waals surface area contributed by atoms with E-state index >= 15 is 0 Å². The number of nitro groups is 2. The van der Waals surface area contributed by atoms with Crippen molar-refractivity contribution in [3.63, 3.8) is 0 Å². The maximum atomic E-state index is 12.0. The summed E-state index contributed by atoms with van der Waals surface area (Å²) in [4.78, 5) is 20.3. The van der Waals surface area contributed by atoms with Gasteiger partial charge >= 0.3 is 12.3 Å². The van der Waals surface area contributed by atoms with Gasteiger partial charge in [0.05, 0.1) is 0 Å². The van der Waals surface area contributed by atoms with Gasteiger partial charge in [-0.2, -0.15) is 18.2 Å². The number of nitrogens with one attached hydrogen (secondary N) is 1. The second-order valence-corrected chi connectivity index (χ2v) is 2.49. The third-order valence-electron chi connectivity index (χ3n) is 1.40. The Morgan fingerprint density at radius 3 is 2.06 bits per heavy atom. The number of aromatic amines is 1. The molecule has 0 atom stereocenters. The summed E-state index contributed by atoms with van der Waals surface area (Å²) in [6.45, 7) is 0. The number of halogens is 3. The lowest BCUT2D eigenvalue weighted by molar-refractivity contribution is -0.754. The molecule has 88 valence electrons. The van der Waals surface area contributed by atoms with Crippen LogP contribution in [0.2, 0.25) is 0 Å². The second-order valence-electron chi connectivity index (χ2n) is 2.49. The van der Waals surface area contributed by atoms with Crippen LogP contribution in [0.3, 0.4) is 0 Å². The number of H-pyrrole nitrogens is 1. The van der Waals surface area contributed by atoms with Crippen LogP contribution in [-0.4, -0.2) is 25.0 Å². The molecule has 0 radical (unpaired) electrons. The van der Waals surface area contributed by atoms with Crippen LogP contribution in [0.25, 0.3) is 0 Å². The number of rotatable bonds is 3. The fourth-order valence-electron chi connectivity index (χ4n) is 0.793. The maximum absolute atomic E-state index is 12.0. The monoisotopic (exact) mass is 241 g/mol. The summed E-state index contributed by atoms with van der Waals surface area (Å²) in [7, 11) is 0. The van der Waals surface area contributed by atoms with Crippen LogP contribution in [0.1, 0.15) is 17.8 Å². The Labute approximate surface area is 83.6 Å². The van der Waals surface area contributed by atoms with Gasteiger partial charge in [-0.25, -0.2) is 0 Å². The topological polar surface area (TPSA) is 128 Å². The lowest BCUT2D eigenvalue weighted by Crippen LogP contribution is -2.21. The molecule has 0 fully saturated rings. The number of hydrogen-bond donors (Lipinski definition) is 1. The van der Waals surface area contributed by atoms with Gasteiger partial charge in [0, 0.05) is 0 Å². The average molecular weight is 241 g/mol. The van der Waals surface area contributed by atoms with E-state index in [1.807, 2.05) is 0 Å². The van der Waals surface area contributed by atoms with Crippen molar-refractivity contribution in [2.75, 3.05) is 0 Å². The molecular formula is C4H2F3N5O4. The van der Waals surface area contributed by atoms with E-state index < -0.39 is 33.8 Å². The molecule has 0 saturated heterocycles. The van der Waals surface area contributed by atoms with Crippen LogP contribution >= 0.6 is 0 Å². The first-order valence-electron chi connectivity index (χ1n) is 3.50. The number of hydrogen-bond acceptors (Lipinski definition) is 6. The van der Waals surface area contributed by atoms with Gasteiger partial charge < -0.3 is 0 Å². The Morgan fingerprint density at radius 2 is 1.75 bits per heavy atom. The van der Waals surface area contributed by atoms with Crippen LogP contribution < -0.4 is 0 Å². The Hall–Kier alpha value is -2.27. The van der Waals surface area contributed by atoms with E-state index in [2.05, 4.69) is 10.1 Å². The Balaban J connectivity index is 3.09. The molecule has 1 heterocycles. The minimum absolute atomic E-state index is 1.08. The molecule has 1 N–H and O–H groups in total. The van der Waals surface area contributed by atoms with Crippen molar-refractivity contribution in [1.29, 1.82) is 0 Å². The summed E-state index contributed by atoms with van der Waals surface area (Å²) < 4.78 is 35.9. The van der Waals surface area contributed by atoms with Crippen molar-refractivity contribution >= 4 is 0 Å². The zero-order valence-electron chi connectivity index (χ0n) is 7.13. The fourth-order valence-corrected chi connectivity index (χ4v) is 0.793. The first-order valence-corrected chi connectivity index (χ1v) is 3.50. The van der Waals surface area contributed by atoms with Crippen LogP contribution in [0.4, 0.5) is 13.2 Å². The third-order valence-corrected chi connectivity index (χ3v) is 1.40. The molecule has 1 rings (SSSR count). The Bertz CT molecular complexity index is 414. The van der Waals surface area contributed by atoms with E-state index in [0.29, 0.717) is 0 Å². The van der Waals surface area contributed by atoms with Crippen molar-refractivity contribution < 1.29 is 23.0 Å². The third kappa shape index (κ3) is 2.21. The van der Waals surface area contributed by atoms with Crippen LogP contribution in [0, 0.1) is 20.2 Å². The molecule has 9 nitrogen and oxygen atoms in total. The summed E-state index contributed by atoms with van der Waals surface area (Å²) in [6, 6.07) is 0. The summed E-state index contributed by atoms with van der Waals surface area (Å²) >= 11 is 0. The summed E-state index contributed by atoms with van der Waals surface area (Å²) in [5.41, 5.74) is 0. The highest BCUT2D eigenvalue weighted by Gasteiger charge is 2.43. The predicted molar refractivity (Wildman–Crippen MR) is 38.1 cm³/mol. The van der Waals surface area contributed by atoms with Gasteiger partial charge in [-0.15, -0.1) is 5.10 Å². The molecule has 12 heteroatoms. The number of nitrogens with zero attached hydrogens (tertiary/aromatic N) is 4. The maximum Gasteiger partial charge on any atom is 0.509 e. The van der Waals surface area contributed by atoms with E-state index in [-0.39, 0.29) is 0 Å². The van der Waals surface area contributed by atoms with Gasteiger partial charge in [0.15, 0.2) is 0 Å². The molecule has 16 heavy (non-hydrogen) atoms. The van der Waals surface area contributed by atoms with Crippen molar-refractivity contribution in [3.05, 3.63) is 31.9 Å². The molecule has 0 saturated carbocycles. The highest BCUT2D eigenvalue weighted by molar-refractivity contribution is 4.94. The van der Waals surface area contributed by atoms with Crippen LogP contribution in [0.5, 0.6) is 0 Å². The molecule has 0 aliphatic rings. The van der Waals surface area contributed by atoms with E-state index in [1.54, 1.807) is 0 Å². The van der Waals surface area contributed by atoms with E-state index in [1.165, 1.54) is 5.10 Å². The number of alkyl halides is 3. The second kappa shape index (κ2) is 3.71. The minimum Gasteiger partial charge on any atom is -0.258 e. The summed E-state index contributed by atoms with van der Waals surface area (Å²) in [5, 5.41) is 24.5. The Morgan fingerprint density at radius 1 is 1.25 bits per heavy atom. The van der Waals surface area contributed by atoms with Gasteiger partial charge in [0.2, 0.25) is 0 Å². The summed E-state index contributed by atoms with van der Waals surface area (Å²) in [6.07, 6.45) is -7.52. The van der Waals surface area contributed by atoms with Crippen LogP contribution in [0.15, 0.2) is 0 Å². The quantitative estimate of drug-likeness (QED) is 0.462. The lowest BCUT2D eigenvalue weighted by atomic mass is 10.5. The largest absolute Gasteiger partial charge is 0.509 e. The zero-order chi connectivity index (χ0) is 12.5. The first-order chi connectivity index (χ1) is 7.23.